The first-order valence-electron chi connectivity index (χ1n) is 7.07. The maximum Gasteiger partial charge on any atom is 0.243 e. The lowest BCUT2D eigenvalue weighted by molar-refractivity contribution is 0.380. The summed E-state index contributed by atoms with van der Waals surface area (Å²) in [7, 11) is -1.55. The first kappa shape index (κ1) is 17.1. The molecule has 114 valence electrons. The van der Waals surface area contributed by atoms with E-state index in [1.165, 1.54) is 0 Å². The molecule has 0 saturated carbocycles. The highest BCUT2D eigenvalue weighted by Gasteiger charge is 2.25. The minimum atomic E-state index is -3.41. The van der Waals surface area contributed by atoms with E-state index in [-0.39, 0.29) is 0 Å². The molecule has 0 bridgehead atoms. The molecule has 0 heterocycles. The van der Waals surface area contributed by atoms with Crippen LogP contribution in [0.15, 0.2) is 23.1 Å². The van der Waals surface area contributed by atoms with Crippen molar-refractivity contribution in [3.63, 3.8) is 0 Å². The maximum absolute atomic E-state index is 12.8. The van der Waals surface area contributed by atoms with Crippen LogP contribution in [0.1, 0.15) is 31.9 Å². The molecule has 1 aromatic carbocycles. The Morgan fingerprint density at radius 3 is 2.45 bits per heavy atom. The van der Waals surface area contributed by atoms with Gasteiger partial charge in [0.15, 0.2) is 0 Å². The Kier molecular flexibility index (Phi) is 6.17. The van der Waals surface area contributed by atoms with Crippen LogP contribution >= 0.6 is 0 Å². The van der Waals surface area contributed by atoms with Crippen LogP contribution in [0.25, 0.3) is 0 Å². The fourth-order valence-corrected chi connectivity index (χ4v) is 4.15. The lowest BCUT2D eigenvalue weighted by atomic mass is 10.1. The highest BCUT2D eigenvalue weighted by Crippen LogP contribution is 2.23. The van der Waals surface area contributed by atoms with Gasteiger partial charge in [0, 0.05) is 19.6 Å². The van der Waals surface area contributed by atoms with E-state index >= 15 is 0 Å². The van der Waals surface area contributed by atoms with E-state index in [0.29, 0.717) is 30.4 Å². The van der Waals surface area contributed by atoms with Crippen molar-refractivity contribution >= 4 is 10.0 Å². The summed E-state index contributed by atoms with van der Waals surface area (Å²) < 4.78 is 27.1. The summed E-state index contributed by atoms with van der Waals surface area (Å²) in [6, 6.07) is 5.48. The quantitative estimate of drug-likeness (QED) is 0.841. The molecule has 0 fully saturated rings. The predicted molar refractivity (Wildman–Crippen MR) is 83.2 cm³/mol. The van der Waals surface area contributed by atoms with Crippen molar-refractivity contribution in [1.82, 2.24) is 9.62 Å². The first-order chi connectivity index (χ1) is 9.34. The number of sulfonamides is 1. The van der Waals surface area contributed by atoms with E-state index in [1.54, 1.807) is 10.4 Å². The van der Waals surface area contributed by atoms with Crippen molar-refractivity contribution in [3.8, 4) is 0 Å². The van der Waals surface area contributed by atoms with Gasteiger partial charge in [-0.2, -0.15) is 4.31 Å². The molecule has 20 heavy (non-hydrogen) atoms. The molecular formula is C15H26N2O2S. The zero-order chi connectivity index (χ0) is 15.3. The van der Waals surface area contributed by atoms with Gasteiger partial charge in [0.2, 0.25) is 10.0 Å². The number of rotatable bonds is 7. The molecule has 1 aromatic rings. The molecular weight excluding hydrogens is 272 g/mol. The third-order valence-corrected chi connectivity index (χ3v) is 5.39. The fraction of sp³-hybridized carbons (Fsp3) is 0.600. The number of hydrogen-bond acceptors (Lipinski definition) is 3. The third kappa shape index (κ3) is 3.81. The van der Waals surface area contributed by atoms with Crippen LogP contribution in [0.3, 0.4) is 0 Å². The van der Waals surface area contributed by atoms with E-state index in [1.807, 2.05) is 46.9 Å². The van der Waals surface area contributed by atoms with Gasteiger partial charge < -0.3 is 5.32 Å². The predicted octanol–water partition coefficient (Wildman–Crippen LogP) is 2.38. The monoisotopic (exact) mass is 298 g/mol. The van der Waals surface area contributed by atoms with E-state index in [9.17, 15) is 8.42 Å². The van der Waals surface area contributed by atoms with Crippen molar-refractivity contribution < 1.29 is 8.42 Å². The van der Waals surface area contributed by atoms with Crippen LogP contribution < -0.4 is 5.32 Å². The van der Waals surface area contributed by atoms with Gasteiger partial charge in [-0.15, -0.1) is 0 Å². The Balaban J connectivity index is 3.24. The third-order valence-electron chi connectivity index (χ3n) is 3.30. The van der Waals surface area contributed by atoms with Crippen LogP contribution in [0.5, 0.6) is 0 Å². The number of benzene rings is 1. The van der Waals surface area contributed by atoms with Gasteiger partial charge in [-0.05, 0) is 37.1 Å². The summed E-state index contributed by atoms with van der Waals surface area (Å²) in [6.45, 7) is 9.54. The molecule has 0 aliphatic rings. The molecule has 0 amide bonds. The Labute approximate surface area is 123 Å². The second-order valence-electron chi connectivity index (χ2n) is 5.42. The summed E-state index contributed by atoms with van der Waals surface area (Å²) in [4.78, 5) is 0.424. The van der Waals surface area contributed by atoms with Crippen molar-refractivity contribution in [2.75, 3.05) is 20.1 Å². The smallest absolute Gasteiger partial charge is 0.243 e. The van der Waals surface area contributed by atoms with Crippen LogP contribution in [0, 0.1) is 12.8 Å². The Morgan fingerprint density at radius 2 is 1.95 bits per heavy atom. The summed E-state index contributed by atoms with van der Waals surface area (Å²) in [5.74, 6) is 0.311. The molecule has 4 nitrogen and oxygen atoms in total. The molecule has 0 aliphatic heterocycles. The number of hydrogen-bond donors (Lipinski definition) is 1. The van der Waals surface area contributed by atoms with E-state index in [2.05, 4.69) is 5.32 Å². The van der Waals surface area contributed by atoms with Crippen molar-refractivity contribution in [3.05, 3.63) is 29.3 Å². The normalized spacial score (nSPS) is 12.3. The van der Waals surface area contributed by atoms with Crippen LogP contribution in [-0.2, 0) is 16.6 Å². The largest absolute Gasteiger partial charge is 0.316 e. The SMILES string of the molecule is CCN(CC(C)C)S(=O)(=O)c1cccc(CNC)c1C. The summed E-state index contributed by atoms with van der Waals surface area (Å²) >= 11 is 0. The van der Waals surface area contributed by atoms with Gasteiger partial charge >= 0.3 is 0 Å². The van der Waals surface area contributed by atoms with Crippen LogP contribution in [-0.4, -0.2) is 32.9 Å². The second-order valence-corrected chi connectivity index (χ2v) is 7.33. The van der Waals surface area contributed by atoms with Gasteiger partial charge in [-0.1, -0.05) is 32.9 Å². The van der Waals surface area contributed by atoms with Crippen molar-refractivity contribution in [2.45, 2.75) is 39.1 Å². The highest BCUT2D eigenvalue weighted by molar-refractivity contribution is 7.89. The number of nitrogens with zero attached hydrogens (tertiary/aromatic N) is 1. The minimum absolute atomic E-state index is 0.311. The molecule has 0 radical (unpaired) electrons. The second kappa shape index (κ2) is 7.20. The fourth-order valence-electron chi connectivity index (χ4n) is 2.26. The summed E-state index contributed by atoms with van der Waals surface area (Å²) in [6.07, 6.45) is 0. The molecule has 0 unspecified atom stereocenters. The van der Waals surface area contributed by atoms with Gasteiger partial charge in [0.25, 0.3) is 0 Å². The molecule has 1 rings (SSSR count). The average Bonchev–Trinajstić information content (AvgIpc) is 2.38. The van der Waals surface area contributed by atoms with Crippen molar-refractivity contribution in [2.24, 2.45) is 5.92 Å². The highest BCUT2D eigenvalue weighted by atomic mass is 32.2. The topological polar surface area (TPSA) is 49.4 Å². The molecule has 0 atom stereocenters. The zero-order valence-electron chi connectivity index (χ0n) is 13.1. The van der Waals surface area contributed by atoms with E-state index in [4.69, 9.17) is 0 Å². The average molecular weight is 298 g/mol. The summed E-state index contributed by atoms with van der Waals surface area (Å²) in [5, 5.41) is 3.07. The molecule has 1 N–H and O–H groups in total. The van der Waals surface area contributed by atoms with Crippen LogP contribution in [0.2, 0.25) is 0 Å². The molecule has 0 aliphatic carbocycles. The van der Waals surface area contributed by atoms with E-state index in [0.717, 1.165) is 11.1 Å². The number of nitrogens with one attached hydrogen (secondary N) is 1. The Morgan fingerprint density at radius 1 is 1.30 bits per heavy atom. The van der Waals surface area contributed by atoms with Gasteiger partial charge in [-0.25, -0.2) is 8.42 Å². The molecule has 0 spiro atoms. The van der Waals surface area contributed by atoms with Gasteiger partial charge in [0.1, 0.15) is 0 Å². The van der Waals surface area contributed by atoms with Gasteiger partial charge in [0.05, 0.1) is 4.90 Å². The minimum Gasteiger partial charge on any atom is -0.316 e. The Hall–Kier alpha value is -0.910. The van der Waals surface area contributed by atoms with E-state index < -0.39 is 10.0 Å². The van der Waals surface area contributed by atoms with Crippen LogP contribution in [0.4, 0.5) is 0 Å². The summed E-state index contributed by atoms with van der Waals surface area (Å²) in [5.41, 5.74) is 1.86. The van der Waals surface area contributed by atoms with Gasteiger partial charge in [-0.3, -0.25) is 0 Å². The lowest BCUT2D eigenvalue weighted by Crippen LogP contribution is -2.34. The maximum atomic E-state index is 12.8. The molecule has 0 saturated heterocycles. The van der Waals surface area contributed by atoms with Crippen molar-refractivity contribution in [1.29, 1.82) is 0 Å². The standard InChI is InChI=1S/C15H26N2O2S/c1-6-17(11-12(2)3)20(18,19)15-9-7-8-14(10-16-5)13(15)4/h7-9,12,16H,6,10-11H2,1-5H3. The molecule has 0 aromatic heterocycles. The lowest BCUT2D eigenvalue weighted by Gasteiger charge is -2.24. The zero-order valence-corrected chi connectivity index (χ0v) is 13.9. The Bertz CT molecular complexity index is 539. The molecule has 5 heteroatoms. The first-order valence-corrected chi connectivity index (χ1v) is 8.51.